The SMILES string of the molecule is CC1=NCCN1CC(O)COc1ccccc1. The first-order chi connectivity index (χ1) is 8.25. The van der Waals surface area contributed by atoms with Crippen LogP contribution >= 0.6 is 0 Å². The van der Waals surface area contributed by atoms with Crippen LogP contribution in [-0.2, 0) is 0 Å². The molecule has 17 heavy (non-hydrogen) atoms. The third-order valence-corrected chi connectivity index (χ3v) is 2.78. The minimum Gasteiger partial charge on any atom is -0.491 e. The van der Waals surface area contributed by atoms with Gasteiger partial charge in [0.1, 0.15) is 18.5 Å². The fourth-order valence-corrected chi connectivity index (χ4v) is 1.83. The standard InChI is InChI=1S/C13H18N2O2/c1-11-14-7-8-15(11)9-12(16)10-17-13-5-3-2-4-6-13/h2-6,12,16H,7-10H2,1H3. The molecule has 0 fully saturated rings. The highest BCUT2D eigenvalue weighted by Gasteiger charge is 2.16. The smallest absolute Gasteiger partial charge is 0.119 e. The first kappa shape index (κ1) is 11.9. The van der Waals surface area contributed by atoms with Crippen molar-refractivity contribution >= 4 is 5.84 Å². The van der Waals surface area contributed by atoms with E-state index in [0.29, 0.717) is 13.2 Å². The summed E-state index contributed by atoms with van der Waals surface area (Å²) in [6.07, 6.45) is -0.488. The van der Waals surface area contributed by atoms with Crippen molar-refractivity contribution < 1.29 is 9.84 Å². The molecule has 1 unspecified atom stereocenters. The molecule has 0 amide bonds. The van der Waals surface area contributed by atoms with Crippen LogP contribution in [0.1, 0.15) is 6.92 Å². The van der Waals surface area contributed by atoms with Crippen molar-refractivity contribution in [3.63, 3.8) is 0 Å². The van der Waals surface area contributed by atoms with E-state index in [1.165, 1.54) is 0 Å². The fourth-order valence-electron chi connectivity index (χ4n) is 1.83. The molecule has 1 aliphatic heterocycles. The van der Waals surface area contributed by atoms with Gasteiger partial charge < -0.3 is 14.7 Å². The molecular formula is C13H18N2O2. The summed E-state index contributed by atoms with van der Waals surface area (Å²) in [6.45, 7) is 4.60. The van der Waals surface area contributed by atoms with Crippen molar-refractivity contribution in [2.45, 2.75) is 13.0 Å². The van der Waals surface area contributed by atoms with E-state index in [1.807, 2.05) is 37.3 Å². The Bertz CT molecular complexity index is 378. The Balaban J connectivity index is 1.74. The van der Waals surface area contributed by atoms with E-state index in [1.54, 1.807) is 0 Å². The minimum atomic E-state index is -0.488. The normalized spacial score (nSPS) is 16.8. The zero-order valence-electron chi connectivity index (χ0n) is 10.0. The number of rotatable bonds is 5. The number of aliphatic hydroxyl groups is 1. The molecule has 1 aromatic rings. The van der Waals surface area contributed by atoms with E-state index in [-0.39, 0.29) is 0 Å². The average Bonchev–Trinajstić information content (AvgIpc) is 2.74. The van der Waals surface area contributed by atoms with Gasteiger partial charge in [0.05, 0.1) is 12.4 Å². The van der Waals surface area contributed by atoms with Crippen molar-refractivity contribution in [3.8, 4) is 5.75 Å². The monoisotopic (exact) mass is 234 g/mol. The lowest BCUT2D eigenvalue weighted by Gasteiger charge is -2.21. The lowest BCUT2D eigenvalue weighted by atomic mass is 10.3. The Morgan fingerprint density at radius 1 is 1.41 bits per heavy atom. The molecule has 1 atom stereocenters. The molecule has 1 heterocycles. The number of para-hydroxylation sites is 1. The summed E-state index contributed by atoms with van der Waals surface area (Å²) in [7, 11) is 0. The first-order valence-corrected chi connectivity index (χ1v) is 5.87. The Labute approximate surface area is 102 Å². The quantitative estimate of drug-likeness (QED) is 0.831. The highest BCUT2D eigenvalue weighted by molar-refractivity contribution is 5.81. The van der Waals surface area contributed by atoms with Crippen LogP contribution < -0.4 is 4.74 Å². The molecule has 0 aromatic heterocycles. The molecule has 0 saturated heterocycles. The molecule has 4 heteroatoms. The molecule has 1 aromatic carbocycles. The maximum atomic E-state index is 9.87. The predicted octanol–water partition coefficient (Wildman–Crippen LogP) is 1.16. The molecule has 2 rings (SSSR count). The van der Waals surface area contributed by atoms with Gasteiger partial charge in [-0.2, -0.15) is 0 Å². The fraction of sp³-hybridized carbons (Fsp3) is 0.462. The Kier molecular flexibility index (Phi) is 3.98. The molecule has 0 bridgehead atoms. The van der Waals surface area contributed by atoms with E-state index < -0.39 is 6.10 Å². The van der Waals surface area contributed by atoms with Gasteiger partial charge in [-0.1, -0.05) is 18.2 Å². The molecular weight excluding hydrogens is 216 g/mol. The van der Waals surface area contributed by atoms with Crippen molar-refractivity contribution in [2.75, 3.05) is 26.2 Å². The summed E-state index contributed by atoms with van der Waals surface area (Å²) in [5.41, 5.74) is 0. The number of ether oxygens (including phenoxy) is 1. The number of hydrogen-bond donors (Lipinski definition) is 1. The molecule has 0 radical (unpaired) electrons. The Morgan fingerprint density at radius 2 is 2.18 bits per heavy atom. The molecule has 4 nitrogen and oxygen atoms in total. The average molecular weight is 234 g/mol. The summed E-state index contributed by atoms with van der Waals surface area (Å²) in [6, 6.07) is 9.54. The van der Waals surface area contributed by atoms with Crippen LogP contribution in [0.2, 0.25) is 0 Å². The molecule has 0 aliphatic carbocycles. The highest BCUT2D eigenvalue weighted by atomic mass is 16.5. The second kappa shape index (κ2) is 5.68. The summed E-state index contributed by atoms with van der Waals surface area (Å²) >= 11 is 0. The van der Waals surface area contributed by atoms with E-state index in [2.05, 4.69) is 9.89 Å². The van der Waals surface area contributed by atoms with Gasteiger partial charge in [0.25, 0.3) is 0 Å². The zero-order chi connectivity index (χ0) is 12.1. The van der Waals surface area contributed by atoms with Crippen molar-refractivity contribution in [2.24, 2.45) is 4.99 Å². The van der Waals surface area contributed by atoms with Crippen molar-refractivity contribution in [3.05, 3.63) is 30.3 Å². The summed E-state index contributed by atoms with van der Waals surface area (Å²) in [5, 5.41) is 9.87. The molecule has 1 aliphatic rings. The van der Waals surface area contributed by atoms with Gasteiger partial charge in [0.2, 0.25) is 0 Å². The van der Waals surface area contributed by atoms with Crippen LogP contribution in [0, 0.1) is 0 Å². The predicted molar refractivity (Wildman–Crippen MR) is 67.5 cm³/mol. The molecule has 0 saturated carbocycles. The Hall–Kier alpha value is -1.55. The summed E-state index contributed by atoms with van der Waals surface area (Å²) in [5.74, 6) is 1.79. The molecule has 92 valence electrons. The number of aliphatic hydroxyl groups excluding tert-OH is 1. The maximum absolute atomic E-state index is 9.87. The van der Waals surface area contributed by atoms with Crippen LogP contribution in [0.4, 0.5) is 0 Å². The number of nitrogens with zero attached hydrogens (tertiary/aromatic N) is 2. The number of benzene rings is 1. The number of aliphatic imine (C=N–C) groups is 1. The minimum absolute atomic E-state index is 0.313. The van der Waals surface area contributed by atoms with Gasteiger partial charge in [0, 0.05) is 13.1 Å². The second-order valence-electron chi connectivity index (χ2n) is 4.15. The van der Waals surface area contributed by atoms with E-state index in [4.69, 9.17) is 4.74 Å². The van der Waals surface area contributed by atoms with Gasteiger partial charge in [-0.25, -0.2) is 0 Å². The maximum Gasteiger partial charge on any atom is 0.119 e. The lowest BCUT2D eigenvalue weighted by Crippen LogP contribution is -2.36. The van der Waals surface area contributed by atoms with Gasteiger partial charge in [-0.15, -0.1) is 0 Å². The van der Waals surface area contributed by atoms with Crippen molar-refractivity contribution in [1.29, 1.82) is 0 Å². The number of hydrogen-bond acceptors (Lipinski definition) is 4. The summed E-state index contributed by atoms with van der Waals surface area (Å²) in [4.78, 5) is 6.36. The van der Waals surface area contributed by atoms with Crippen molar-refractivity contribution in [1.82, 2.24) is 4.90 Å². The van der Waals surface area contributed by atoms with Gasteiger partial charge in [0.15, 0.2) is 0 Å². The van der Waals surface area contributed by atoms with Crippen LogP contribution in [0.25, 0.3) is 0 Å². The number of amidine groups is 1. The van der Waals surface area contributed by atoms with Crippen LogP contribution in [-0.4, -0.2) is 48.2 Å². The van der Waals surface area contributed by atoms with Gasteiger partial charge in [-0.05, 0) is 19.1 Å². The van der Waals surface area contributed by atoms with E-state index in [0.717, 1.165) is 24.7 Å². The largest absolute Gasteiger partial charge is 0.491 e. The highest BCUT2D eigenvalue weighted by Crippen LogP contribution is 2.09. The molecule has 1 N–H and O–H groups in total. The van der Waals surface area contributed by atoms with Crippen LogP contribution in [0.3, 0.4) is 0 Å². The van der Waals surface area contributed by atoms with Crippen LogP contribution in [0.15, 0.2) is 35.3 Å². The van der Waals surface area contributed by atoms with E-state index >= 15 is 0 Å². The van der Waals surface area contributed by atoms with Gasteiger partial charge >= 0.3 is 0 Å². The molecule has 0 spiro atoms. The third-order valence-electron chi connectivity index (χ3n) is 2.78. The second-order valence-corrected chi connectivity index (χ2v) is 4.15. The lowest BCUT2D eigenvalue weighted by molar-refractivity contribution is 0.0888. The van der Waals surface area contributed by atoms with E-state index in [9.17, 15) is 5.11 Å². The van der Waals surface area contributed by atoms with Gasteiger partial charge in [-0.3, -0.25) is 4.99 Å². The topological polar surface area (TPSA) is 45.1 Å². The van der Waals surface area contributed by atoms with Crippen LogP contribution in [0.5, 0.6) is 5.75 Å². The Morgan fingerprint density at radius 3 is 2.82 bits per heavy atom. The third kappa shape index (κ3) is 3.46. The summed E-state index contributed by atoms with van der Waals surface area (Å²) < 4.78 is 5.50. The zero-order valence-corrected chi connectivity index (χ0v) is 10.0. The number of β-amino-alcohol motifs (C(OH)–C–C–N with tert-alkyl or cyclic N) is 1. The first-order valence-electron chi connectivity index (χ1n) is 5.87.